The molecule has 9 heteroatoms. The van der Waals surface area contributed by atoms with Gasteiger partial charge in [0.15, 0.2) is 0 Å². The van der Waals surface area contributed by atoms with Crippen molar-refractivity contribution in [2.24, 2.45) is 0 Å². The lowest BCUT2D eigenvalue weighted by atomic mass is 10.2. The van der Waals surface area contributed by atoms with Crippen LogP contribution >= 0.6 is 11.6 Å². The van der Waals surface area contributed by atoms with Crippen LogP contribution in [0, 0.1) is 12.7 Å². The standard InChI is InChI=1S/C15H11ClFN3O3S/c1-9-18-15(19-23-9)10-3-2-4-12(7-10)24(21,22)20-14-6-5-11(17)8-13(14)16/h2-8,20H,1H3. The maximum atomic E-state index is 13.1. The highest BCUT2D eigenvalue weighted by molar-refractivity contribution is 7.92. The summed E-state index contributed by atoms with van der Waals surface area (Å²) in [5.74, 6) is 0.0938. The van der Waals surface area contributed by atoms with Gasteiger partial charge >= 0.3 is 0 Å². The maximum Gasteiger partial charge on any atom is 0.261 e. The number of rotatable bonds is 4. The van der Waals surface area contributed by atoms with Crippen LogP contribution in [0.2, 0.25) is 5.02 Å². The van der Waals surface area contributed by atoms with E-state index in [9.17, 15) is 12.8 Å². The van der Waals surface area contributed by atoms with E-state index in [4.69, 9.17) is 16.1 Å². The molecule has 0 unspecified atom stereocenters. The van der Waals surface area contributed by atoms with E-state index in [0.29, 0.717) is 11.5 Å². The molecule has 1 N–H and O–H groups in total. The third-order valence-corrected chi connectivity index (χ3v) is 4.78. The highest BCUT2D eigenvalue weighted by Gasteiger charge is 2.18. The van der Waals surface area contributed by atoms with Crippen LogP contribution in [0.1, 0.15) is 5.89 Å². The van der Waals surface area contributed by atoms with E-state index in [1.165, 1.54) is 18.2 Å². The Bertz CT molecular complexity index is 1000. The largest absolute Gasteiger partial charge is 0.339 e. The predicted molar refractivity (Wildman–Crippen MR) is 86.7 cm³/mol. The Hall–Kier alpha value is -2.45. The van der Waals surface area contributed by atoms with Gasteiger partial charge in [-0.05, 0) is 30.3 Å². The maximum absolute atomic E-state index is 13.1. The summed E-state index contributed by atoms with van der Waals surface area (Å²) in [4.78, 5) is 4.04. The van der Waals surface area contributed by atoms with E-state index in [1.54, 1.807) is 19.1 Å². The van der Waals surface area contributed by atoms with Crippen LogP contribution in [-0.2, 0) is 10.0 Å². The molecule has 0 saturated heterocycles. The quantitative estimate of drug-likeness (QED) is 0.761. The lowest BCUT2D eigenvalue weighted by Crippen LogP contribution is -2.13. The summed E-state index contributed by atoms with van der Waals surface area (Å²) in [7, 11) is -3.92. The number of nitrogens with one attached hydrogen (secondary N) is 1. The third-order valence-electron chi connectivity index (χ3n) is 3.11. The molecule has 0 aliphatic heterocycles. The molecule has 0 bridgehead atoms. The van der Waals surface area contributed by atoms with Crippen molar-refractivity contribution >= 4 is 27.3 Å². The van der Waals surface area contributed by atoms with Gasteiger partial charge in [0.25, 0.3) is 10.0 Å². The molecule has 3 aromatic rings. The molecule has 124 valence electrons. The molecule has 1 heterocycles. The molecule has 0 aliphatic rings. The molecule has 3 rings (SSSR count). The van der Waals surface area contributed by atoms with E-state index in [1.807, 2.05) is 0 Å². The summed E-state index contributed by atoms with van der Waals surface area (Å²) in [6.07, 6.45) is 0. The summed E-state index contributed by atoms with van der Waals surface area (Å²) in [6.45, 7) is 1.63. The average Bonchev–Trinajstić information content (AvgIpc) is 2.97. The molecular weight excluding hydrogens is 357 g/mol. The first-order valence-corrected chi connectivity index (χ1v) is 8.60. The van der Waals surface area contributed by atoms with Crippen molar-refractivity contribution < 1.29 is 17.3 Å². The third kappa shape index (κ3) is 3.39. The molecule has 0 radical (unpaired) electrons. The molecule has 2 aromatic carbocycles. The molecule has 0 atom stereocenters. The topological polar surface area (TPSA) is 85.1 Å². The molecule has 0 saturated carbocycles. The average molecular weight is 368 g/mol. The number of aryl methyl sites for hydroxylation is 1. The second-order valence-electron chi connectivity index (χ2n) is 4.89. The van der Waals surface area contributed by atoms with Crippen molar-refractivity contribution in [3.8, 4) is 11.4 Å². The minimum absolute atomic E-state index is 0.0113. The van der Waals surface area contributed by atoms with Gasteiger partial charge in [0.1, 0.15) is 5.82 Å². The second kappa shape index (κ2) is 6.21. The number of aromatic nitrogens is 2. The number of benzene rings is 2. The van der Waals surface area contributed by atoms with Crippen LogP contribution in [-0.4, -0.2) is 18.6 Å². The van der Waals surface area contributed by atoms with Gasteiger partial charge < -0.3 is 4.52 Å². The normalized spacial score (nSPS) is 11.5. The van der Waals surface area contributed by atoms with Crippen molar-refractivity contribution in [2.45, 2.75) is 11.8 Å². The van der Waals surface area contributed by atoms with Crippen molar-refractivity contribution in [3.63, 3.8) is 0 Å². The first-order valence-electron chi connectivity index (χ1n) is 6.74. The van der Waals surface area contributed by atoms with Gasteiger partial charge in [-0.2, -0.15) is 4.98 Å². The number of sulfonamides is 1. The zero-order valence-corrected chi connectivity index (χ0v) is 13.9. The number of hydrogen-bond donors (Lipinski definition) is 1. The Balaban J connectivity index is 1.95. The SMILES string of the molecule is Cc1nc(-c2cccc(S(=O)(=O)Nc3ccc(F)cc3Cl)c2)no1. The van der Waals surface area contributed by atoms with Crippen LogP contribution in [0.15, 0.2) is 51.9 Å². The lowest BCUT2D eigenvalue weighted by molar-refractivity contribution is 0.394. The lowest BCUT2D eigenvalue weighted by Gasteiger charge is -2.10. The van der Waals surface area contributed by atoms with Gasteiger partial charge in [-0.15, -0.1) is 0 Å². The highest BCUT2D eigenvalue weighted by atomic mass is 35.5. The molecule has 1 aromatic heterocycles. The molecule has 6 nitrogen and oxygen atoms in total. The smallest absolute Gasteiger partial charge is 0.261 e. The van der Waals surface area contributed by atoms with Crippen LogP contribution in [0.4, 0.5) is 10.1 Å². The summed E-state index contributed by atoms with van der Waals surface area (Å²) in [5.41, 5.74) is 0.568. The monoisotopic (exact) mass is 367 g/mol. The van der Waals surface area contributed by atoms with Crippen LogP contribution in [0.25, 0.3) is 11.4 Å². The fourth-order valence-corrected chi connectivity index (χ4v) is 3.39. The molecular formula is C15H11ClFN3O3S. The molecule has 0 amide bonds. The second-order valence-corrected chi connectivity index (χ2v) is 6.98. The Morgan fingerprint density at radius 3 is 2.67 bits per heavy atom. The van der Waals surface area contributed by atoms with Gasteiger partial charge in [0, 0.05) is 12.5 Å². The zero-order chi connectivity index (χ0) is 17.3. The van der Waals surface area contributed by atoms with Crippen LogP contribution in [0.3, 0.4) is 0 Å². The van der Waals surface area contributed by atoms with Crippen molar-refractivity contribution in [2.75, 3.05) is 4.72 Å². The summed E-state index contributed by atoms with van der Waals surface area (Å²) < 4.78 is 45.3. The Kier molecular flexibility index (Phi) is 4.25. The van der Waals surface area contributed by atoms with E-state index in [2.05, 4.69) is 14.9 Å². The van der Waals surface area contributed by atoms with E-state index in [-0.39, 0.29) is 21.4 Å². The fraction of sp³-hybridized carbons (Fsp3) is 0.0667. The zero-order valence-electron chi connectivity index (χ0n) is 12.3. The van der Waals surface area contributed by atoms with Crippen LogP contribution in [0.5, 0.6) is 0 Å². The highest BCUT2D eigenvalue weighted by Crippen LogP contribution is 2.26. The predicted octanol–water partition coefficient (Wildman–Crippen LogP) is 3.64. The summed E-state index contributed by atoms with van der Waals surface area (Å²) in [6, 6.07) is 9.43. The van der Waals surface area contributed by atoms with Gasteiger partial charge in [0.2, 0.25) is 11.7 Å². The van der Waals surface area contributed by atoms with Crippen LogP contribution < -0.4 is 4.72 Å². The molecule has 0 fully saturated rings. The molecule has 0 spiro atoms. The van der Waals surface area contributed by atoms with E-state index < -0.39 is 15.8 Å². The van der Waals surface area contributed by atoms with E-state index in [0.717, 1.165) is 12.1 Å². The fourth-order valence-electron chi connectivity index (χ4n) is 1.99. The van der Waals surface area contributed by atoms with E-state index >= 15 is 0 Å². The Morgan fingerprint density at radius 1 is 1.21 bits per heavy atom. The van der Waals surface area contributed by atoms with Gasteiger partial charge in [-0.25, -0.2) is 12.8 Å². The number of anilines is 1. The first kappa shape index (κ1) is 16.4. The minimum Gasteiger partial charge on any atom is -0.339 e. The van der Waals surface area contributed by atoms with Crippen molar-refractivity contribution in [3.05, 3.63) is 59.2 Å². The summed E-state index contributed by atoms with van der Waals surface area (Å²) in [5, 5.41) is 3.71. The number of halogens is 2. The molecule has 0 aliphatic carbocycles. The van der Waals surface area contributed by atoms with Gasteiger partial charge in [-0.3, -0.25) is 4.72 Å². The van der Waals surface area contributed by atoms with Crippen molar-refractivity contribution in [1.82, 2.24) is 10.1 Å². The van der Waals surface area contributed by atoms with Crippen molar-refractivity contribution in [1.29, 1.82) is 0 Å². The number of hydrogen-bond acceptors (Lipinski definition) is 5. The Morgan fingerprint density at radius 2 is 2.00 bits per heavy atom. The number of nitrogens with zero attached hydrogens (tertiary/aromatic N) is 2. The first-order chi connectivity index (χ1) is 11.3. The Labute approximate surface area is 142 Å². The minimum atomic E-state index is -3.92. The van der Waals surface area contributed by atoms with Gasteiger partial charge in [0.05, 0.1) is 15.6 Å². The summed E-state index contributed by atoms with van der Waals surface area (Å²) >= 11 is 5.85. The molecule has 24 heavy (non-hydrogen) atoms. The van der Waals surface area contributed by atoms with Gasteiger partial charge in [-0.1, -0.05) is 28.9 Å².